The van der Waals surface area contributed by atoms with Crippen molar-refractivity contribution in [1.29, 1.82) is 0 Å². The van der Waals surface area contributed by atoms with Crippen molar-refractivity contribution < 1.29 is 9.53 Å². The second-order valence-corrected chi connectivity index (χ2v) is 7.82. The van der Waals surface area contributed by atoms with Crippen LogP contribution >= 0.6 is 15.9 Å². The summed E-state index contributed by atoms with van der Waals surface area (Å²) in [5.74, 6) is 0.676. The summed E-state index contributed by atoms with van der Waals surface area (Å²) in [6.07, 6.45) is 1.51. The van der Waals surface area contributed by atoms with Gasteiger partial charge in [-0.3, -0.25) is 4.79 Å². The molecule has 3 aromatic rings. The molecule has 6 nitrogen and oxygen atoms in total. The van der Waals surface area contributed by atoms with Crippen LogP contribution < -0.4 is 0 Å². The van der Waals surface area contributed by atoms with Crippen LogP contribution in [0.4, 0.5) is 0 Å². The average molecular weight is 441 g/mol. The van der Waals surface area contributed by atoms with Crippen LogP contribution in [0.2, 0.25) is 0 Å². The molecule has 0 spiro atoms. The number of carbonyl (C=O) groups excluding carboxylic acids is 1. The minimum Gasteiger partial charge on any atom is -0.370 e. The maximum Gasteiger partial charge on any atom is 0.255 e. The first-order valence-electron chi connectivity index (χ1n) is 9.17. The van der Waals surface area contributed by atoms with Gasteiger partial charge in [0.1, 0.15) is 6.10 Å². The molecular weight excluding hydrogens is 420 g/mol. The number of ether oxygens (including phenoxy) is 1. The second-order valence-electron chi connectivity index (χ2n) is 6.91. The Labute approximate surface area is 172 Å². The van der Waals surface area contributed by atoms with E-state index in [-0.39, 0.29) is 12.0 Å². The quantitative estimate of drug-likeness (QED) is 0.620. The predicted molar refractivity (Wildman–Crippen MR) is 110 cm³/mol. The number of nitrogens with zero attached hydrogens (tertiary/aromatic N) is 4. The lowest BCUT2D eigenvalue weighted by molar-refractivity contribution is -0.0228. The monoisotopic (exact) mass is 440 g/mol. The molecule has 0 aliphatic carbocycles. The summed E-state index contributed by atoms with van der Waals surface area (Å²) in [6, 6.07) is 13.7. The van der Waals surface area contributed by atoms with E-state index in [2.05, 4.69) is 26.0 Å². The molecule has 0 radical (unpaired) electrons. The molecule has 7 heteroatoms. The maximum absolute atomic E-state index is 13.0. The van der Waals surface area contributed by atoms with Crippen molar-refractivity contribution >= 4 is 21.8 Å². The van der Waals surface area contributed by atoms with Crippen LogP contribution in [0, 0.1) is 13.8 Å². The van der Waals surface area contributed by atoms with E-state index >= 15 is 0 Å². The van der Waals surface area contributed by atoms with E-state index in [4.69, 9.17) is 4.74 Å². The Morgan fingerprint density at radius 2 is 1.96 bits per heavy atom. The molecular formula is C21H21BrN4O2. The number of halogens is 1. The van der Waals surface area contributed by atoms with Crippen molar-refractivity contribution in [1.82, 2.24) is 19.7 Å². The van der Waals surface area contributed by atoms with E-state index in [1.165, 1.54) is 0 Å². The lowest BCUT2D eigenvalue weighted by Crippen LogP contribution is -2.42. The molecule has 0 saturated carbocycles. The summed E-state index contributed by atoms with van der Waals surface area (Å²) < 4.78 is 8.68. The first-order valence-corrected chi connectivity index (χ1v) is 9.96. The summed E-state index contributed by atoms with van der Waals surface area (Å²) in [5.41, 5.74) is 3.58. The van der Waals surface area contributed by atoms with Crippen LogP contribution in [0.5, 0.6) is 0 Å². The lowest BCUT2D eigenvalue weighted by atomic mass is 10.1. The van der Waals surface area contributed by atoms with Gasteiger partial charge >= 0.3 is 0 Å². The van der Waals surface area contributed by atoms with Crippen LogP contribution in [-0.2, 0) is 4.74 Å². The lowest BCUT2D eigenvalue weighted by Gasteiger charge is -2.33. The molecule has 144 valence electrons. The van der Waals surface area contributed by atoms with Crippen molar-refractivity contribution in [3.8, 4) is 5.82 Å². The predicted octanol–water partition coefficient (Wildman–Crippen LogP) is 3.86. The Balaban J connectivity index is 1.49. The second kappa shape index (κ2) is 7.85. The summed E-state index contributed by atoms with van der Waals surface area (Å²) in [7, 11) is 0. The molecule has 1 aliphatic heterocycles. The highest BCUT2D eigenvalue weighted by atomic mass is 79.9. The zero-order valence-corrected chi connectivity index (χ0v) is 17.4. The number of pyridine rings is 1. The zero-order chi connectivity index (χ0) is 19.7. The van der Waals surface area contributed by atoms with Gasteiger partial charge in [-0.25, -0.2) is 9.67 Å². The molecule has 1 saturated heterocycles. The number of hydrogen-bond donors (Lipinski definition) is 0. The van der Waals surface area contributed by atoms with Crippen molar-refractivity contribution in [2.24, 2.45) is 0 Å². The van der Waals surface area contributed by atoms with Gasteiger partial charge < -0.3 is 9.64 Å². The van der Waals surface area contributed by atoms with Crippen molar-refractivity contribution in [3.05, 3.63) is 75.6 Å². The Hall–Kier alpha value is -2.51. The van der Waals surface area contributed by atoms with Crippen LogP contribution in [0.15, 0.2) is 53.1 Å². The summed E-state index contributed by atoms with van der Waals surface area (Å²) >= 11 is 3.45. The smallest absolute Gasteiger partial charge is 0.255 e. The molecule has 0 bridgehead atoms. The summed E-state index contributed by atoms with van der Waals surface area (Å²) in [6.45, 7) is 5.55. The maximum atomic E-state index is 13.0. The number of hydrogen-bond acceptors (Lipinski definition) is 4. The Morgan fingerprint density at radius 3 is 2.61 bits per heavy atom. The number of benzene rings is 1. The highest BCUT2D eigenvalue weighted by Gasteiger charge is 2.26. The van der Waals surface area contributed by atoms with E-state index in [1.54, 1.807) is 10.9 Å². The number of aryl methyl sites for hydroxylation is 2. The molecule has 1 fully saturated rings. The number of morpholine rings is 1. The van der Waals surface area contributed by atoms with Crippen LogP contribution in [0.3, 0.4) is 0 Å². The van der Waals surface area contributed by atoms with E-state index in [9.17, 15) is 4.79 Å². The van der Waals surface area contributed by atoms with Gasteiger partial charge in [-0.15, -0.1) is 0 Å². The topological polar surface area (TPSA) is 60.2 Å². The Kier molecular flexibility index (Phi) is 5.28. The van der Waals surface area contributed by atoms with Crippen molar-refractivity contribution in [2.45, 2.75) is 20.0 Å². The van der Waals surface area contributed by atoms with Crippen LogP contribution in [0.25, 0.3) is 5.82 Å². The molecule has 1 unspecified atom stereocenters. The van der Waals surface area contributed by atoms with Crippen molar-refractivity contribution in [2.75, 3.05) is 19.7 Å². The van der Waals surface area contributed by atoms with Gasteiger partial charge in [0.15, 0.2) is 5.82 Å². The SMILES string of the molecule is Cc1cc(C)n(-c2ccc(C(=O)N3CCOC(c4ccc(Br)cc4)C3)cn2)n1. The molecule has 4 rings (SSSR count). The van der Waals surface area contributed by atoms with Gasteiger partial charge in [0.2, 0.25) is 0 Å². The first kappa shape index (κ1) is 18.8. The van der Waals surface area contributed by atoms with Gasteiger partial charge in [-0.1, -0.05) is 28.1 Å². The van der Waals surface area contributed by atoms with E-state index in [0.717, 1.165) is 21.4 Å². The van der Waals surface area contributed by atoms with Gasteiger partial charge in [0, 0.05) is 22.9 Å². The summed E-state index contributed by atoms with van der Waals surface area (Å²) in [4.78, 5) is 19.2. The Morgan fingerprint density at radius 1 is 1.18 bits per heavy atom. The van der Waals surface area contributed by atoms with Gasteiger partial charge in [0.25, 0.3) is 5.91 Å². The standard InChI is InChI=1S/C21H21BrN4O2/c1-14-11-15(2)26(24-14)20-8-5-17(12-23-20)21(27)25-9-10-28-19(13-25)16-3-6-18(22)7-4-16/h3-8,11-12,19H,9-10,13H2,1-2H3. The third-order valence-corrected chi connectivity index (χ3v) is 5.35. The highest BCUT2D eigenvalue weighted by molar-refractivity contribution is 9.10. The van der Waals surface area contributed by atoms with Crippen LogP contribution in [-0.4, -0.2) is 45.3 Å². The third-order valence-electron chi connectivity index (χ3n) is 4.82. The van der Waals surface area contributed by atoms with Crippen LogP contribution in [0.1, 0.15) is 33.4 Å². The largest absolute Gasteiger partial charge is 0.370 e. The third kappa shape index (κ3) is 3.86. The van der Waals surface area contributed by atoms with E-state index in [0.29, 0.717) is 31.1 Å². The average Bonchev–Trinajstić information content (AvgIpc) is 3.06. The number of carbonyl (C=O) groups is 1. The molecule has 3 heterocycles. The summed E-state index contributed by atoms with van der Waals surface area (Å²) in [5, 5.41) is 4.43. The van der Waals surface area contributed by atoms with E-state index in [1.807, 2.05) is 61.2 Å². The fraction of sp³-hybridized carbons (Fsp3) is 0.286. The molecule has 1 aliphatic rings. The molecule has 2 aromatic heterocycles. The molecule has 1 amide bonds. The molecule has 1 aromatic carbocycles. The minimum absolute atomic E-state index is 0.0298. The molecule has 1 atom stereocenters. The number of amides is 1. The number of aromatic nitrogens is 3. The molecule has 0 N–H and O–H groups in total. The normalized spacial score (nSPS) is 17.0. The zero-order valence-electron chi connectivity index (χ0n) is 15.8. The fourth-order valence-corrected chi connectivity index (χ4v) is 3.66. The van der Waals surface area contributed by atoms with Gasteiger partial charge in [0.05, 0.1) is 24.4 Å². The molecule has 28 heavy (non-hydrogen) atoms. The van der Waals surface area contributed by atoms with Gasteiger partial charge in [-0.2, -0.15) is 5.10 Å². The highest BCUT2D eigenvalue weighted by Crippen LogP contribution is 2.25. The number of rotatable bonds is 3. The fourth-order valence-electron chi connectivity index (χ4n) is 3.39. The Bertz CT molecular complexity index is 983. The van der Waals surface area contributed by atoms with Crippen molar-refractivity contribution in [3.63, 3.8) is 0 Å². The van der Waals surface area contributed by atoms with E-state index < -0.39 is 0 Å². The first-order chi connectivity index (χ1) is 13.5. The minimum atomic E-state index is -0.118. The van der Waals surface area contributed by atoms with Gasteiger partial charge in [-0.05, 0) is 49.7 Å².